The van der Waals surface area contributed by atoms with Crippen LogP contribution in [0.4, 0.5) is 0 Å². The fraction of sp³-hybridized carbons (Fsp3) is 0.250. The molecule has 4 nitrogen and oxygen atoms in total. The van der Waals surface area contributed by atoms with E-state index < -0.39 is 10.8 Å². The van der Waals surface area contributed by atoms with Crippen LogP contribution in [0.25, 0.3) is 0 Å². The first-order chi connectivity index (χ1) is 7.95. The van der Waals surface area contributed by atoms with Gasteiger partial charge in [0.05, 0.1) is 11.2 Å². The number of ketones is 1. The van der Waals surface area contributed by atoms with Crippen molar-refractivity contribution in [3.8, 4) is 0 Å². The van der Waals surface area contributed by atoms with E-state index in [1.165, 1.54) is 13.0 Å². The SMILES string of the molecule is CC(=O)C(Br)c1ccc(C=O)cc1CC(=O)O. The minimum atomic E-state index is -1.00. The average molecular weight is 299 g/mol. The van der Waals surface area contributed by atoms with Crippen LogP contribution in [0.1, 0.15) is 33.2 Å². The number of benzene rings is 1. The Morgan fingerprint density at radius 1 is 1.47 bits per heavy atom. The first kappa shape index (κ1) is 13.6. The molecule has 0 amide bonds. The van der Waals surface area contributed by atoms with Gasteiger partial charge in [0.25, 0.3) is 0 Å². The maximum Gasteiger partial charge on any atom is 0.307 e. The quantitative estimate of drug-likeness (QED) is 0.668. The highest BCUT2D eigenvalue weighted by atomic mass is 79.9. The van der Waals surface area contributed by atoms with Crippen molar-refractivity contribution in [2.24, 2.45) is 0 Å². The molecule has 1 N–H and O–H groups in total. The molecule has 0 aliphatic heterocycles. The number of rotatable bonds is 5. The smallest absolute Gasteiger partial charge is 0.307 e. The van der Waals surface area contributed by atoms with Crippen molar-refractivity contribution >= 4 is 34.0 Å². The predicted octanol–water partition coefficient (Wildman–Crippen LogP) is 2.15. The van der Waals surface area contributed by atoms with Crippen LogP contribution in [0.5, 0.6) is 0 Å². The third-order valence-corrected chi connectivity index (χ3v) is 3.41. The lowest BCUT2D eigenvalue weighted by atomic mass is 9.98. The van der Waals surface area contributed by atoms with Crippen LogP contribution < -0.4 is 0 Å². The molecule has 1 aromatic carbocycles. The van der Waals surface area contributed by atoms with E-state index in [9.17, 15) is 14.4 Å². The van der Waals surface area contributed by atoms with Crippen LogP contribution >= 0.6 is 15.9 Å². The summed E-state index contributed by atoms with van der Waals surface area (Å²) in [6.07, 6.45) is 0.429. The van der Waals surface area contributed by atoms with Crippen LogP contribution in [-0.4, -0.2) is 23.1 Å². The summed E-state index contributed by atoms with van der Waals surface area (Å²) in [6.45, 7) is 1.41. The molecule has 0 aromatic heterocycles. The van der Waals surface area contributed by atoms with Gasteiger partial charge in [0, 0.05) is 5.56 Å². The van der Waals surface area contributed by atoms with Crippen molar-refractivity contribution in [1.29, 1.82) is 0 Å². The molecule has 0 heterocycles. The van der Waals surface area contributed by atoms with E-state index in [0.717, 1.165) is 0 Å². The second-order valence-electron chi connectivity index (χ2n) is 3.62. The zero-order valence-corrected chi connectivity index (χ0v) is 10.7. The van der Waals surface area contributed by atoms with Gasteiger partial charge in [0.15, 0.2) is 0 Å². The third-order valence-electron chi connectivity index (χ3n) is 2.27. The fourth-order valence-electron chi connectivity index (χ4n) is 1.48. The maximum atomic E-state index is 11.3. The van der Waals surface area contributed by atoms with Crippen molar-refractivity contribution in [2.75, 3.05) is 0 Å². The molecular formula is C12H11BrO4. The molecule has 1 unspecified atom stereocenters. The standard InChI is InChI=1S/C12H11BrO4/c1-7(15)12(13)10-3-2-8(6-14)4-9(10)5-11(16)17/h2-4,6,12H,5H2,1H3,(H,16,17). The summed E-state index contributed by atoms with van der Waals surface area (Å²) in [6, 6.07) is 4.65. The number of aldehydes is 1. The average Bonchev–Trinajstić information content (AvgIpc) is 2.27. The molecule has 0 saturated heterocycles. The Kier molecular flexibility index (Phi) is 4.57. The molecule has 0 aliphatic rings. The van der Waals surface area contributed by atoms with Crippen LogP contribution in [-0.2, 0) is 16.0 Å². The molecule has 5 heteroatoms. The van der Waals surface area contributed by atoms with E-state index in [4.69, 9.17) is 5.11 Å². The van der Waals surface area contributed by atoms with E-state index >= 15 is 0 Å². The molecule has 17 heavy (non-hydrogen) atoms. The Balaban J connectivity index is 3.23. The highest BCUT2D eigenvalue weighted by molar-refractivity contribution is 9.09. The van der Waals surface area contributed by atoms with E-state index in [1.807, 2.05) is 0 Å². The molecule has 0 saturated carbocycles. The topological polar surface area (TPSA) is 71.4 Å². The van der Waals surface area contributed by atoms with Crippen molar-refractivity contribution in [3.63, 3.8) is 0 Å². The number of carbonyl (C=O) groups excluding carboxylic acids is 2. The molecule has 1 rings (SSSR count). The Labute approximate surface area is 107 Å². The van der Waals surface area contributed by atoms with Gasteiger partial charge >= 0.3 is 5.97 Å². The number of alkyl halides is 1. The normalized spacial score (nSPS) is 11.9. The summed E-state index contributed by atoms with van der Waals surface area (Å²) in [4.78, 5) is 32.1. The van der Waals surface area contributed by atoms with Crippen LogP contribution in [0.2, 0.25) is 0 Å². The van der Waals surface area contributed by atoms with Gasteiger partial charge in [-0.1, -0.05) is 28.1 Å². The molecular weight excluding hydrogens is 288 g/mol. The Hall–Kier alpha value is -1.49. The van der Waals surface area contributed by atoms with Crippen LogP contribution in [0.3, 0.4) is 0 Å². The summed E-state index contributed by atoms with van der Waals surface area (Å²) in [7, 11) is 0. The van der Waals surface area contributed by atoms with Gasteiger partial charge in [-0.2, -0.15) is 0 Å². The summed E-state index contributed by atoms with van der Waals surface area (Å²) in [5, 5.41) is 8.79. The number of carbonyl (C=O) groups is 3. The highest BCUT2D eigenvalue weighted by Crippen LogP contribution is 2.28. The number of aliphatic carboxylic acids is 1. The Bertz CT molecular complexity index is 468. The van der Waals surface area contributed by atoms with E-state index in [2.05, 4.69) is 15.9 Å². The number of carboxylic acid groups (broad SMARTS) is 1. The molecule has 0 bridgehead atoms. The summed E-state index contributed by atoms with van der Waals surface area (Å²) < 4.78 is 0. The van der Waals surface area contributed by atoms with E-state index in [0.29, 0.717) is 23.0 Å². The first-order valence-electron chi connectivity index (χ1n) is 4.90. The third kappa shape index (κ3) is 3.49. The summed E-state index contributed by atoms with van der Waals surface area (Å²) >= 11 is 3.21. The number of halogens is 1. The fourth-order valence-corrected chi connectivity index (χ4v) is 1.93. The minimum absolute atomic E-state index is 0.115. The zero-order chi connectivity index (χ0) is 13.0. The highest BCUT2D eigenvalue weighted by Gasteiger charge is 2.18. The molecule has 0 aliphatic carbocycles. The number of hydrogen-bond donors (Lipinski definition) is 1. The number of Topliss-reactive ketones (excluding diaryl/α,β-unsaturated/α-hetero) is 1. The van der Waals surface area contributed by atoms with Gasteiger partial charge < -0.3 is 5.11 Å². The summed E-state index contributed by atoms with van der Waals surface area (Å²) in [5.74, 6) is -1.12. The van der Waals surface area contributed by atoms with Gasteiger partial charge in [-0.25, -0.2) is 0 Å². The molecule has 0 spiro atoms. The van der Waals surface area contributed by atoms with Crippen molar-refractivity contribution in [3.05, 3.63) is 34.9 Å². The molecule has 0 radical (unpaired) electrons. The molecule has 0 fully saturated rings. The van der Waals surface area contributed by atoms with Crippen LogP contribution in [0.15, 0.2) is 18.2 Å². The van der Waals surface area contributed by atoms with Gasteiger partial charge in [-0.05, 0) is 24.1 Å². The zero-order valence-electron chi connectivity index (χ0n) is 9.14. The lowest BCUT2D eigenvalue weighted by Crippen LogP contribution is -2.09. The lowest BCUT2D eigenvalue weighted by Gasteiger charge is -2.12. The minimum Gasteiger partial charge on any atom is -0.481 e. The van der Waals surface area contributed by atoms with Gasteiger partial charge in [0.2, 0.25) is 0 Å². The number of hydrogen-bond acceptors (Lipinski definition) is 3. The van der Waals surface area contributed by atoms with Crippen LogP contribution in [0, 0.1) is 0 Å². The lowest BCUT2D eigenvalue weighted by molar-refractivity contribution is -0.136. The number of carboxylic acids is 1. The van der Waals surface area contributed by atoms with Gasteiger partial charge in [0.1, 0.15) is 12.1 Å². The monoisotopic (exact) mass is 298 g/mol. The second kappa shape index (κ2) is 5.72. The first-order valence-corrected chi connectivity index (χ1v) is 5.81. The van der Waals surface area contributed by atoms with Gasteiger partial charge in [-0.3, -0.25) is 14.4 Å². The predicted molar refractivity (Wildman–Crippen MR) is 65.5 cm³/mol. The Morgan fingerprint density at radius 2 is 2.12 bits per heavy atom. The van der Waals surface area contributed by atoms with Gasteiger partial charge in [-0.15, -0.1) is 0 Å². The molecule has 1 atom stereocenters. The van der Waals surface area contributed by atoms with Crippen molar-refractivity contribution < 1.29 is 19.5 Å². The molecule has 90 valence electrons. The second-order valence-corrected chi connectivity index (χ2v) is 4.54. The van der Waals surface area contributed by atoms with Crippen molar-refractivity contribution in [2.45, 2.75) is 18.2 Å². The maximum absolute atomic E-state index is 11.3. The van der Waals surface area contributed by atoms with E-state index in [1.54, 1.807) is 12.1 Å². The van der Waals surface area contributed by atoms with Crippen molar-refractivity contribution in [1.82, 2.24) is 0 Å². The molecule has 1 aromatic rings. The Morgan fingerprint density at radius 3 is 2.59 bits per heavy atom. The largest absolute Gasteiger partial charge is 0.481 e. The summed E-state index contributed by atoms with van der Waals surface area (Å²) in [5.41, 5.74) is 1.46. The van der Waals surface area contributed by atoms with E-state index in [-0.39, 0.29) is 12.2 Å².